The topological polar surface area (TPSA) is 59.6 Å². The highest BCUT2D eigenvalue weighted by Crippen LogP contribution is 2.29. The van der Waals surface area contributed by atoms with Crippen LogP contribution in [0.3, 0.4) is 0 Å². The van der Waals surface area contributed by atoms with Gasteiger partial charge >= 0.3 is 0 Å². The summed E-state index contributed by atoms with van der Waals surface area (Å²) in [6.07, 6.45) is 8.15. The predicted molar refractivity (Wildman–Crippen MR) is 103 cm³/mol. The molecule has 0 radical (unpaired) electrons. The standard InChI is InChI=1S/C21H32N2O3/c1-25-16-21(11-13-22-14-12-21)15-23-20(24)18-9-5-6-10-19(18)26-17-7-3-2-4-8-17/h5-6,9-10,17,22H,2-4,7-8,11-16H2,1H3,(H,23,24). The predicted octanol–water partition coefficient (Wildman–Crippen LogP) is 3.14. The van der Waals surface area contributed by atoms with Crippen LogP contribution < -0.4 is 15.4 Å². The molecule has 0 bridgehead atoms. The maximum atomic E-state index is 12.8. The number of nitrogens with one attached hydrogen (secondary N) is 2. The van der Waals surface area contributed by atoms with E-state index in [9.17, 15) is 4.79 Å². The number of amides is 1. The lowest BCUT2D eigenvalue weighted by atomic mass is 9.79. The van der Waals surface area contributed by atoms with Crippen molar-refractivity contribution in [1.29, 1.82) is 0 Å². The monoisotopic (exact) mass is 360 g/mol. The van der Waals surface area contributed by atoms with Gasteiger partial charge in [0.2, 0.25) is 0 Å². The zero-order valence-corrected chi connectivity index (χ0v) is 15.9. The Balaban J connectivity index is 1.63. The van der Waals surface area contributed by atoms with Crippen LogP contribution in [0.15, 0.2) is 24.3 Å². The van der Waals surface area contributed by atoms with Crippen LogP contribution in [-0.4, -0.2) is 45.4 Å². The highest BCUT2D eigenvalue weighted by Gasteiger charge is 2.33. The van der Waals surface area contributed by atoms with E-state index >= 15 is 0 Å². The second-order valence-corrected chi connectivity index (χ2v) is 7.74. The minimum absolute atomic E-state index is 0.0226. The highest BCUT2D eigenvalue weighted by molar-refractivity contribution is 5.96. The van der Waals surface area contributed by atoms with Gasteiger partial charge in [-0.25, -0.2) is 0 Å². The number of carbonyl (C=O) groups excluding carboxylic acids is 1. The molecule has 1 aromatic carbocycles. The van der Waals surface area contributed by atoms with Crippen LogP contribution in [-0.2, 0) is 4.74 Å². The van der Waals surface area contributed by atoms with Gasteiger partial charge in [-0.2, -0.15) is 0 Å². The fourth-order valence-corrected chi connectivity index (χ4v) is 4.12. The summed E-state index contributed by atoms with van der Waals surface area (Å²) in [6.45, 7) is 3.26. The molecule has 0 spiro atoms. The number of hydrogen-bond acceptors (Lipinski definition) is 4. The molecular formula is C21H32N2O3. The third kappa shape index (κ3) is 4.98. The molecule has 2 fully saturated rings. The molecule has 1 aromatic rings. The average Bonchev–Trinajstić information content (AvgIpc) is 2.68. The summed E-state index contributed by atoms with van der Waals surface area (Å²) in [5, 5.41) is 6.53. The molecule has 0 atom stereocenters. The van der Waals surface area contributed by atoms with Crippen molar-refractivity contribution in [1.82, 2.24) is 10.6 Å². The highest BCUT2D eigenvalue weighted by atomic mass is 16.5. The lowest BCUT2D eigenvalue weighted by molar-refractivity contribution is 0.0510. The van der Waals surface area contributed by atoms with Crippen molar-refractivity contribution in [2.45, 2.75) is 51.0 Å². The van der Waals surface area contributed by atoms with E-state index in [0.29, 0.717) is 24.5 Å². The number of methoxy groups -OCH3 is 1. The van der Waals surface area contributed by atoms with Gasteiger partial charge < -0.3 is 20.1 Å². The van der Waals surface area contributed by atoms with Crippen molar-refractivity contribution in [2.24, 2.45) is 5.41 Å². The maximum absolute atomic E-state index is 12.8. The molecule has 1 saturated carbocycles. The van der Waals surface area contributed by atoms with Crippen molar-refractivity contribution in [2.75, 3.05) is 33.4 Å². The number of hydrogen-bond donors (Lipinski definition) is 2. The summed E-state index contributed by atoms with van der Waals surface area (Å²) in [4.78, 5) is 12.8. The Morgan fingerprint density at radius 1 is 1.19 bits per heavy atom. The zero-order chi connectivity index (χ0) is 18.2. The molecule has 3 rings (SSSR count). The van der Waals surface area contributed by atoms with E-state index in [1.807, 2.05) is 24.3 Å². The van der Waals surface area contributed by atoms with Crippen molar-refractivity contribution >= 4 is 5.91 Å². The van der Waals surface area contributed by atoms with Gasteiger partial charge in [-0.05, 0) is 63.7 Å². The van der Waals surface area contributed by atoms with Gasteiger partial charge in [-0.15, -0.1) is 0 Å². The van der Waals surface area contributed by atoms with E-state index < -0.39 is 0 Å². The Hall–Kier alpha value is -1.59. The number of benzene rings is 1. The number of ether oxygens (including phenoxy) is 2. The second-order valence-electron chi connectivity index (χ2n) is 7.74. The van der Waals surface area contributed by atoms with Crippen molar-refractivity contribution < 1.29 is 14.3 Å². The van der Waals surface area contributed by atoms with Gasteiger partial charge in [0.1, 0.15) is 5.75 Å². The first-order valence-electron chi connectivity index (χ1n) is 9.96. The van der Waals surface area contributed by atoms with Gasteiger partial charge in [0.25, 0.3) is 5.91 Å². The summed E-state index contributed by atoms with van der Waals surface area (Å²) in [5.74, 6) is 0.661. The number of carbonyl (C=O) groups is 1. The van der Waals surface area contributed by atoms with Crippen LogP contribution in [0.1, 0.15) is 55.3 Å². The molecule has 2 N–H and O–H groups in total. The van der Waals surface area contributed by atoms with E-state index in [1.54, 1.807) is 7.11 Å². The summed E-state index contributed by atoms with van der Waals surface area (Å²) in [6, 6.07) is 7.62. The molecule has 1 aliphatic carbocycles. The fraction of sp³-hybridized carbons (Fsp3) is 0.667. The smallest absolute Gasteiger partial charge is 0.255 e. The molecule has 5 nitrogen and oxygen atoms in total. The van der Waals surface area contributed by atoms with Crippen molar-refractivity contribution in [3.05, 3.63) is 29.8 Å². The van der Waals surface area contributed by atoms with Crippen LogP contribution in [0.5, 0.6) is 5.75 Å². The number of piperidine rings is 1. The quantitative estimate of drug-likeness (QED) is 0.784. The first-order chi connectivity index (χ1) is 12.7. The second kappa shape index (κ2) is 9.38. The average molecular weight is 360 g/mol. The fourth-order valence-electron chi connectivity index (χ4n) is 4.12. The molecule has 1 saturated heterocycles. The Morgan fingerprint density at radius 2 is 1.92 bits per heavy atom. The van der Waals surface area contributed by atoms with E-state index in [2.05, 4.69) is 10.6 Å². The van der Waals surface area contributed by atoms with E-state index in [-0.39, 0.29) is 17.4 Å². The summed E-state index contributed by atoms with van der Waals surface area (Å²) in [5.41, 5.74) is 0.661. The molecule has 0 aromatic heterocycles. The Labute approximate surface area is 156 Å². The van der Waals surface area contributed by atoms with Crippen LogP contribution in [0.25, 0.3) is 0 Å². The van der Waals surface area contributed by atoms with Gasteiger partial charge in [-0.1, -0.05) is 18.6 Å². The van der Waals surface area contributed by atoms with Gasteiger partial charge in [0.15, 0.2) is 0 Å². The lowest BCUT2D eigenvalue weighted by Gasteiger charge is -2.37. The summed E-state index contributed by atoms with van der Waals surface area (Å²) >= 11 is 0. The number of para-hydroxylation sites is 1. The molecular weight excluding hydrogens is 328 g/mol. The van der Waals surface area contributed by atoms with E-state index in [0.717, 1.165) is 38.8 Å². The van der Waals surface area contributed by atoms with E-state index in [1.165, 1.54) is 19.3 Å². The molecule has 1 aliphatic heterocycles. The first-order valence-corrected chi connectivity index (χ1v) is 9.96. The van der Waals surface area contributed by atoms with Gasteiger partial charge in [0.05, 0.1) is 18.3 Å². The normalized spacial score (nSPS) is 20.5. The van der Waals surface area contributed by atoms with Crippen molar-refractivity contribution in [3.8, 4) is 5.75 Å². The molecule has 0 unspecified atom stereocenters. The molecule has 26 heavy (non-hydrogen) atoms. The Kier molecular flexibility index (Phi) is 6.92. The first kappa shape index (κ1) is 19.2. The van der Waals surface area contributed by atoms with Crippen LogP contribution in [0.4, 0.5) is 0 Å². The van der Waals surface area contributed by atoms with Gasteiger partial charge in [-0.3, -0.25) is 4.79 Å². The Morgan fingerprint density at radius 3 is 2.65 bits per heavy atom. The number of rotatable bonds is 7. The lowest BCUT2D eigenvalue weighted by Crippen LogP contribution is -2.47. The zero-order valence-electron chi connectivity index (χ0n) is 15.9. The maximum Gasteiger partial charge on any atom is 0.255 e. The van der Waals surface area contributed by atoms with Gasteiger partial charge in [0, 0.05) is 19.1 Å². The molecule has 2 aliphatic rings. The van der Waals surface area contributed by atoms with Crippen molar-refractivity contribution in [3.63, 3.8) is 0 Å². The third-order valence-corrected chi connectivity index (χ3v) is 5.72. The SMILES string of the molecule is COCC1(CNC(=O)c2ccccc2OC2CCCCC2)CCNCC1. The van der Waals surface area contributed by atoms with Crippen LogP contribution >= 0.6 is 0 Å². The Bertz CT molecular complexity index is 573. The minimum atomic E-state index is -0.0505. The van der Waals surface area contributed by atoms with E-state index in [4.69, 9.17) is 9.47 Å². The minimum Gasteiger partial charge on any atom is -0.490 e. The van der Waals surface area contributed by atoms with Crippen LogP contribution in [0, 0.1) is 5.41 Å². The summed E-state index contributed by atoms with van der Waals surface area (Å²) < 4.78 is 11.6. The largest absolute Gasteiger partial charge is 0.490 e. The molecule has 1 heterocycles. The molecule has 144 valence electrons. The third-order valence-electron chi connectivity index (χ3n) is 5.72. The molecule has 5 heteroatoms. The van der Waals surface area contributed by atoms with Crippen LogP contribution in [0.2, 0.25) is 0 Å². The summed E-state index contributed by atoms with van der Waals surface area (Å²) in [7, 11) is 1.74. The molecule has 1 amide bonds.